The molecule has 7 heteroatoms. The number of hydrogen-bond acceptors (Lipinski definition) is 6. The first-order chi connectivity index (χ1) is 18.3. The maximum absolute atomic E-state index is 13.8. The number of hydrogen-bond donors (Lipinski definition) is 2. The first-order valence-corrected chi connectivity index (χ1v) is 13.0. The van der Waals surface area contributed by atoms with E-state index in [2.05, 4.69) is 19.3 Å². The van der Waals surface area contributed by atoms with Gasteiger partial charge in [-0.05, 0) is 53.4 Å². The number of nitrogens with one attached hydrogen (secondary N) is 1. The highest BCUT2D eigenvalue weighted by Gasteiger charge is 2.54. The Balaban J connectivity index is 1.51. The van der Waals surface area contributed by atoms with Gasteiger partial charge in [-0.3, -0.25) is 9.59 Å². The topological polar surface area (TPSA) is 76.1 Å². The summed E-state index contributed by atoms with van der Waals surface area (Å²) in [6.07, 6.45) is 2.68. The highest BCUT2D eigenvalue weighted by Crippen LogP contribution is 2.38. The number of anilines is 3. The van der Waals surface area contributed by atoms with Crippen LogP contribution in [0.3, 0.4) is 0 Å². The molecule has 1 saturated heterocycles. The normalized spacial score (nSPS) is 22.1. The van der Waals surface area contributed by atoms with Crippen molar-refractivity contribution in [1.82, 2.24) is 5.01 Å². The SMILES string of the molecule is CC(C)c1ccc(NN2C(C(O)c3ccc(N(C)C)cc3)C=CC3C(=O)N(c4ccccc4)C(=O)C32)cc1. The summed E-state index contributed by atoms with van der Waals surface area (Å²) < 4.78 is 0. The molecule has 2 aliphatic heterocycles. The van der Waals surface area contributed by atoms with E-state index in [1.165, 1.54) is 10.5 Å². The molecule has 3 aromatic carbocycles. The maximum Gasteiger partial charge on any atom is 0.254 e. The zero-order valence-corrected chi connectivity index (χ0v) is 22.2. The summed E-state index contributed by atoms with van der Waals surface area (Å²) in [5.74, 6) is -0.862. The van der Waals surface area contributed by atoms with E-state index in [1.807, 2.05) is 91.8 Å². The van der Waals surface area contributed by atoms with E-state index in [0.29, 0.717) is 11.6 Å². The Morgan fingerprint density at radius 1 is 0.816 bits per heavy atom. The second-order valence-corrected chi connectivity index (χ2v) is 10.4. The number of para-hydroxylation sites is 1. The molecule has 7 nitrogen and oxygen atoms in total. The zero-order chi connectivity index (χ0) is 27.0. The van der Waals surface area contributed by atoms with Gasteiger partial charge in [0, 0.05) is 25.5 Å². The highest BCUT2D eigenvalue weighted by atomic mass is 16.3. The quantitative estimate of drug-likeness (QED) is 0.353. The number of hydrazine groups is 1. The van der Waals surface area contributed by atoms with E-state index in [9.17, 15) is 14.7 Å². The van der Waals surface area contributed by atoms with Crippen molar-refractivity contribution in [3.05, 3.63) is 102 Å². The van der Waals surface area contributed by atoms with E-state index < -0.39 is 24.1 Å². The van der Waals surface area contributed by atoms with Crippen LogP contribution in [0.4, 0.5) is 17.1 Å². The average Bonchev–Trinajstić information content (AvgIpc) is 3.19. The van der Waals surface area contributed by atoms with E-state index in [4.69, 9.17) is 0 Å². The molecule has 3 aromatic rings. The number of benzene rings is 3. The van der Waals surface area contributed by atoms with Crippen LogP contribution in [0.5, 0.6) is 0 Å². The molecule has 38 heavy (non-hydrogen) atoms. The van der Waals surface area contributed by atoms with Crippen molar-refractivity contribution < 1.29 is 14.7 Å². The third-order valence-corrected chi connectivity index (χ3v) is 7.38. The van der Waals surface area contributed by atoms with Crippen LogP contribution in [0, 0.1) is 5.92 Å². The van der Waals surface area contributed by atoms with Gasteiger partial charge in [0.05, 0.1) is 23.8 Å². The Labute approximate surface area is 224 Å². The van der Waals surface area contributed by atoms with Crippen molar-refractivity contribution in [1.29, 1.82) is 0 Å². The fraction of sp³-hybridized carbons (Fsp3) is 0.290. The number of nitrogens with zero attached hydrogens (tertiary/aromatic N) is 3. The summed E-state index contributed by atoms with van der Waals surface area (Å²) in [7, 11) is 3.93. The molecule has 4 atom stereocenters. The molecule has 0 aliphatic carbocycles. The Kier molecular flexibility index (Phi) is 7.06. The largest absolute Gasteiger partial charge is 0.386 e. The van der Waals surface area contributed by atoms with E-state index in [0.717, 1.165) is 16.9 Å². The summed E-state index contributed by atoms with van der Waals surface area (Å²) >= 11 is 0. The average molecular weight is 511 g/mol. The van der Waals surface area contributed by atoms with Gasteiger partial charge in [-0.25, -0.2) is 9.91 Å². The van der Waals surface area contributed by atoms with Gasteiger partial charge < -0.3 is 15.4 Å². The van der Waals surface area contributed by atoms with Gasteiger partial charge in [0.15, 0.2) is 0 Å². The minimum atomic E-state index is -0.931. The van der Waals surface area contributed by atoms with E-state index in [-0.39, 0.29) is 11.8 Å². The zero-order valence-electron chi connectivity index (χ0n) is 22.2. The van der Waals surface area contributed by atoms with Crippen molar-refractivity contribution in [2.45, 2.75) is 38.0 Å². The third-order valence-electron chi connectivity index (χ3n) is 7.38. The van der Waals surface area contributed by atoms with Crippen LogP contribution in [-0.4, -0.2) is 48.1 Å². The smallest absolute Gasteiger partial charge is 0.254 e. The third kappa shape index (κ3) is 4.71. The number of carbonyl (C=O) groups excluding carboxylic acids is 2. The lowest BCUT2D eigenvalue weighted by molar-refractivity contribution is -0.123. The molecule has 2 amide bonds. The first-order valence-electron chi connectivity index (χ1n) is 13.0. The second-order valence-electron chi connectivity index (χ2n) is 10.4. The summed E-state index contributed by atoms with van der Waals surface area (Å²) in [5.41, 5.74) is 7.66. The van der Waals surface area contributed by atoms with Crippen molar-refractivity contribution in [3.63, 3.8) is 0 Å². The van der Waals surface area contributed by atoms with Gasteiger partial charge >= 0.3 is 0 Å². The van der Waals surface area contributed by atoms with Gasteiger partial charge in [0.1, 0.15) is 6.04 Å². The molecular formula is C31H34N4O3. The molecular weight excluding hydrogens is 476 g/mol. The van der Waals surface area contributed by atoms with Crippen LogP contribution in [0.25, 0.3) is 0 Å². The predicted molar refractivity (Wildman–Crippen MR) is 151 cm³/mol. The molecule has 0 bridgehead atoms. The summed E-state index contributed by atoms with van der Waals surface area (Å²) in [5, 5.41) is 13.3. The van der Waals surface area contributed by atoms with Gasteiger partial charge in [0.2, 0.25) is 5.91 Å². The Bertz CT molecular complexity index is 1320. The molecule has 0 saturated carbocycles. The molecule has 4 unspecified atom stereocenters. The molecule has 2 N–H and O–H groups in total. The van der Waals surface area contributed by atoms with Crippen molar-refractivity contribution in [3.8, 4) is 0 Å². The number of aliphatic hydroxyl groups is 1. The van der Waals surface area contributed by atoms with E-state index >= 15 is 0 Å². The monoisotopic (exact) mass is 510 g/mol. The first kappa shape index (κ1) is 25.7. The predicted octanol–water partition coefficient (Wildman–Crippen LogP) is 4.74. The lowest BCUT2D eigenvalue weighted by atomic mass is 9.90. The second kappa shape index (κ2) is 10.4. The van der Waals surface area contributed by atoms with Crippen LogP contribution in [-0.2, 0) is 9.59 Å². The minimum Gasteiger partial charge on any atom is -0.386 e. The van der Waals surface area contributed by atoms with Crippen LogP contribution in [0.1, 0.15) is 37.0 Å². The van der Waals surface area contributed by atoms with Gasteiger partial charge in [-0.2, -0.15) is 0 Å². The number of rotatable bonds is 7. The molecule has 1 fully saturated rings. The fourth-order valence-corrected chi connectivity index (χ4v) is 5.16. The van der Waals surface area contributed by atoms with Gasteiger partial charge in [0.25, 0.3) is 5.91 Å². The molecule has 0 aromatic heterocycles. The van der Waals surface area contributed by atoms with Gasteiger partial charge in [-0.15, -0.1) is 0 Å². The molecule has 0 spiro atoms. The Morgan fingerprint density at radius 2 is 1.45 bits per heavy atom. The molecule has 5 rings (SSSR count). The van der Waals surface area contributed by atoms with Gasteiger partial charge in [-0.1, -0.05) is 68.5 Å². The molecule has 196 valence electrons. The van der Waals surface area contributed by atoms with Crippen molar-refractivity contribution in [2.75, 3.05) is 29.3 Å². The van der Waals surface area contributed by atoms with Crippen molar-refractivity contribution >= 4 is 28.9 Å². The van der Waals surface area contributed by atoms with Crippen LogP contribution in [0.15, 0.2) is 91.0 Å². The van der Waals surface area contributed by atoms with Crippen LogP contribution >= 0.6 is 0 Å². The van der Waals surface area contributed by atoms with Crippen molar-refractivity contribution in [2.24, 2.45) is 5.92 Å². The molecule has 2 aliphatic rings. The molecule has 2 heterocycles. The minimum absolute atomic E-state index is 0.271. The fourth-order valence-electron chi connectivity index (χ4n) is 5.16. The highest BCUT2D eigenvalue weighted by molar-refractivity contribution is 6.24. The van der Waals surface area contributed by atoms with E-state index in [1.54, 1.807) is 23.2 Å². The number of fused-ring (bicyclic) bond motifs is 1. The van der Waals surface area contributed by atoms with Crippen LogP contribution < -0.4 is 15.2 Å². The summed E-state index contributed by atoms with van der Waals surface area (Å²) in [6, 6.07) is 23.3. The lowest BCUT2D eigenvalue weighted by Crippen LogP contribution is -2.55. The molecule has 0 radical (unpaired) electrons. The number of carbonyl (C=O) groups is 2. The number of imide groups is 1. The number of aliphatic hydroxyl groups excluding tert-OH is 1. The van der Waals surface area contributed by atoms with Crippen LogP contribution in [0.2, 0.25) is 0 Å². The number of amides is 2. The summed E-state index contributed by atoms with van der Waals surface area (Å²) in [6.45, 7) is 4.27. The Hall–Kier alpha value is -3.94. The lowest BCUT2D eigenvalue weighted by Gasteiger charge is -2.40. The summed E-state index contributed by atoms with van der Waals surface area (Å²) in [4.78, 5) is 30.5. The standard InChI is InChI=1S/C31H34N4O3/c1-20(2)21-10-14-23(15-11-21)32-35-27(29(36)22-12-16-24(17-13-22)33(3)4)19-18-26-28(35)31(38)34(30(26)37)25-8-6-5-7-9-25/h5-20,26-29,32,36H,1-4H3. The Morgan fingerprint density at radius 3 is 2.05 bits per heavy atom. The maximum atomic E-state index is 13.8.